The number of thiazole rings is 1. The molecule has 2 aromatic rings. The van der Waals surface area contributed by atoms with Crippen molar-refractivity contribution >= 4 is 43.8 Å². The topological polar surface area (TPSA) is 94.6 Å². The van der Waals surface area contributed by atoms with Gasteiger partial charge < -0.3 is 10.4 Å². The zero-order chi connectivity index (χ0) is 24.4. The molecular formula is C19H23ClF4N4O3S2. The number of hydrogen-bond donors (Lipinski definition) is 3. The molecule has 14 heteroatoms. The zero-order valence-corrected chi connectivity index (χ0v) is 19.8. The largest absolute Gasteiger partial charge is 0.395 e. The van der Waals surface area contributed by atoms with Gasteiger partial charge in [0.15, 0.2) is 5.13 Å². The number of aromatic nitrogens is 1. The Hall–Kier alpha value is -1.67. The van der Waals surface area contributed by atoms with Crippen molar-refractivity contribution in [2.45, 2.75) is 42.4 Å². The van der Waals surface area contributed by atoms with Crippen LogP contribution >= 0.6 is 22.9 Å². The summed E-state index contributed by atoms with van der Waals surface area (Å²) in [5.41, 5.74) is 0.0697. The Balaban J connectivity index is 1.83. The molecule has 1 aromatic heterocycles. The summed E-state index contributed by atoms with van der Waals surface area (Å²) in [5, 5.41) is 13.7. The maximum absolute atomic E-state index is 14.8. The third-order valence-electron chi connectivity index (χ3n) is 5.60. The van der Waals surface area contributed by atoms with Crippen LogP contribution in [0.1, 0.15) is 19.3 Å². The van der Waals surface area contributed by atoms with Crippen LogP contribution in [0.25, 0.3) is 0 Å². The Morgan fingerprint density at radius 1 is 1.33 bits per heavy atom. The number of nitrogens with one attached hydrogen (secondary N) is 2. The molecule has 0 aliphatic heterocycles. The number of benzene rings is 1. The Bertz CT molecular complexity index is 1050. The lowest BCUT2D eigenvalue weighted by Crippen LogP contribution is -2.51. The summed E-state index contributed by atoms with van der Waals surface area (Å²) in [7, 11) is -2.68. The van der Waals surface area contributed by atoms with Crippen molar-refractivity contribution in [1.29, 1.82) is 0 Å². The highest BCUT2D eigenvalue weighted by Crippen LogP contribution is 2.40. The Morgan fingerprint density at radius 3 is 2.67 bits per heavy atom. The number of hydrogen-bond acceptors (Lipinski definition) is 7. The summed E-state index contributed by atoms with van der Waals surface area (Å²) < 4.78 is 81.9. The highest BCUT2D eigenvalue weighted by Gasteiger charge is 2.46. The van der Waals surface area contributed by atoms with Crippen molar-refractivity contribution < 1.29 is 31.1 Å². The van der Waals surface area contributed by atoms with Crippen LogP contribution in [0, 0.1) is 11.7 Å². The molecule has 3 rings (SSSR count). The van der Waals surface area contributed by atoms with E-state index in [1.165, 1.54) is 6.20 Å². The predicted molar refractivity (Wildman–Crippen MR) is 119 cm³/mol. The average molecular weight is 531 g/mol. The van der Waals surface area contributed by atoms with Crippen molar-refractivity contribution in [2.75, 3.05) is 30.2 Å². The fourth-order valence-electron chi connectivity index (χ4n) is 3.91. The van der Waals surface area contributed by atoms with E-state index in [-0.39, 0.29) is 48.3 Å². The summed E-state index contributed by atoms with van der Waals surface area (Å²) in [6, 6.07) is 0.736. The minimum absolute atomic E-state index is 0.0592. The molecule has 3 N–H and O–H groups in total. The molecule has 0 saturated heterocycles. The first-order valence-electron chi connectivity index (χ1n) is 9.98. The van der Waals surface area contributed by atoms with Crippen molar-refractivity contribution in [3.63, 3.8) is 0 Å². The second kappa shape index (κ2) is 10.3. The number of likely N-dealkylation sites (N-methyl/N-ethyl adjacent to an activating group) is 1. The second-order valence-corrected chi connectivity index (χ2v) is 10.7. The molecule has 0 spiro atoms. The van der Waals surface area contributed by atoms with Gasteiger partial charge in [0.05, 0.1) is 23.2 Å². The van der Waals surface area contributed by atoms with Crippen molar-refractivity contribution in [3.8, 4) is 0 Å². The summed E-state index contributed by atoms with van der Waals surface area (Å²) in [6.07, 6.45) is -3.13. The van der Waals surface area contributed by atoms with E-state index in [4.69, 9.17) is 11.6 Å². The van der Waals surface area contributed by atoms with E-state index in [0.29, 0.717) is 0 Å². The molecule has 1 aromatic carbocycles. The molecule has 1 aliphatic carbocycles. The van der Waals surface area contributed by atoms with Crippen LogP contribution < -0.4 is 10.0 Å². The summed E-state index contributed by atoms with van der Waals surface area (Å²) in [6.45, 7) is -0.0699. The zero-order valence-electron chi connectivity index (χ0n) is 17.4. The number of aliphatic hydroxyl groups excluding tert-OH is 1. The molecule has 0 bridgehead atoms. The SMILES string of the molecule is CN(CCO)[C@H]1C[C@@H](C(F)(F)F)CC[C@@H]1Nc1cc(F)c(S(=O)(=O)Nc2nccs2)cc1Cl. The lowest BCUT2D eigenvalue weighted by molar-refractivity contribution is -0.187. The van der Waals surface area contributed by atoms with E-state index in [1.807, 2.05) is 0 Å². The molecule has 3 atom stereocenters. The lowest BCUT2D eigenvalue weighted by Gasteiger charge is -2.42. The van der Waals surface area contributed by atoms with Gasteiger partial charge in [0, 0.05) is 30.2 Å². The summed E-state index contributed by atoms with van der Waals surface area (Å²) in [5.74, 6) is -2.56. The number of sulfonamides is 1. The Morgan fingerprint density at radius 2 is 2.06 bits per heavy atom. The fourth-order valence-corrected chi connectivity index (χ4v) is 6.07. The van der Waals surface area contributed by atoms with E-state index in [2.05, 4.69) is 15.0 Å². The van der Waals surface area contributed by atoms with Crippen molar-refractivity contribution in [1.82, 2.24) is 9.88 Å². The summed E-state index contributed by atoms with van der Waals surface area (Å²) in [4.78, 5) is 4.74. The Kier molecular flexibility index (Phi) is 8.10. The first-order chi connectivity index (χ1) is 15.4. The molecule has 1 aliphatic rings. The molecule has 0 unspecified atom stereocenters. The maximum atomic E-state index is 14.8. The maximum Gasteiger partial charge on any atom is 0.391 e. The smallest absolute Gasteiger partial charge is 0.391 e. The number of anilines is 2. The van der Waals surface area contributed by atoms with Crippen LogP contribution in [-0.4, -0.2) is 61.9 Å². The molecule has 7 nitrogen and oxygen atoms in total. The van der Waals surface area contributed by atoms with Gasteiger partial charge in [0.1, 0.15) is 10.7 Å². The molecule has 1 fully saturated rings. The first-order valence-corrected chi connectivity index (χ1v) is 12.7. The van der Waals surface area contributed by atoms with Gasteiger partial charge in [-0.15, -0.1) is 11.3 Å². The lowest BCUT2D eigenvalue weighted by atomic mass is 9.81. The van der Waals surface area contributed by atoms with Gasteiger partial charge >= 0.3 is 6.18 Å². The van der Waals surface area contributed by atoms with E-state index in [9.17, 15) is 31.1 Å². The predicted octanol–water partition coefficient (Wildman–Crippen LogP) is 4.17. The first kappa shape index (κ1) is 25.9. The van der Waals surface area contributed by atoms with E-state index in [0.717, 1.165) is 23.5 Å². The standard InChI is InChI=1S/C19H23ClF4N4O3S2/c1-28(5-6-29)16-8-11(19(22,23)24)2-3-14(16)26-15-10-13(21)17(9-12(15)20)33(30,31)27-18-25-4-7-32-18/h4,7,9-11,14,16,26,29H,2-3,5-6,8H2,1H3,(H,25,27)/t11-,14-,16-/m0/s1. The summed E-state index contributed by atoms with van der Waals surface area (Å²) >= 11 is 7.25. The number of halogens is 5. The van der Waals surface area contributed by atoms with Crippen molar-refractivity contribution in [3.05, 3.63) is 34.5 Å². The van der Waals surface area contributed by atoms with E-state index in [1.54, 1.807) is 17.3 Å². The highest BCUT2D eigenvalue weighted by molar-refractivity contribution is 7.93. The molecule has 1 saturated carbocycles. The number of nitrogens with zero attached hydrogens (tertiary/aromatic N) is 2. The molecular weight excluding hydrogens is 508 g/mol. The quantitative estimate of drug-likeness (QED) is 0.443. The van der Waals surface area contributed by atoms with E-state index < -0.39 is 44.9 Å². The Labute approximate surface area is 197 Å². The van der Waals surface area contributed by atoms with Crippen LogP contribution in [0.3, 0.4) is 0 Å². The molecule has 0 amide bonds. The minimum atomic E-state index is -4.34. The van der Waals surface area contributed by atoms with Gasteiger partial charge in [-0.05, 0) is 38.4 Å². The molecule has 184 valence electrons. The van der Waals surface area contributed by atoms with Crippen molar-refractivity contribution in [2.24, 2.45) is 5.92 Å². The average Bonchev–Trinajstić information content (AvgIpc) is 3.22. The third kappa shape index (κ3) is 6.27. The normalized spacial score (nSPS) is 21.9. The second-order valence-electron chi connectivity index (χ2n) is 7.78. The fraction of sp³-hybridized carbons (Fsp3) is 0.526. The van der Waals surface area contributed by atoms with Crippen LogP contribution in [0.15, 0.2) is 28.6 Å². The minimum Gasteiger partial charge on any atom is -0.395 e. The number of aliphatic hydroxyl groups is 1. The molecule has 0 radical (unpaired) electrons. The van der Waals surface area contributed by atoms with Crippen LogP contribution in [0.4, 0.5) is 28.4 Å². The van der Waals surface area contributed by atoms with Crippen LogP contribution in [0.2, 0.25) is 5.02 Å². The number of alkyl halides is 3. The van der Waals surface area contributed by atoms with Gasteiger partial charge in [0.2, 0.25) is 0 Å². The van der Waals surface area contributed by atoms with Gasteiger partial charge in [-0.25, -0.2) is 17.8 Å². The van der Waals surface area contributed by atoms with Gasteiger partial charge in [0.25, 0.3) is 10.0 Å². The molecule has 1 heterocycles. The highest BCUT2D eigenvalue weighted by atomic mass is 35.5. The van der Waals surface area contributed by atoms with Gasteiger partial charge in [-0.2, -0.15) is 13.2 Å². The number of rotatable bonds is 8. The molecule has 33 heavy (non-hydrogen) atoms. The van der Waals surface area contributed by atoms with Crippen LogP contribution in [-0.2, 0) is 10.0 Å². The monoisotopic (exact) mass is 530 g/mol. The van der Waals surface area contributed by atoms with E-state index >= 15 is 0 Å². The van der Waals surface area contributed by atoms with Gasteiger partial charge in [-0.3, -0.25) is 9.62 Å². The van der Waals surface area contributed by atoms with Gasteiger partial charge in [-0.1, -0.05) is 11.6 Å². The van der Waals surface area contributed by atoms with Crippen LogP contribution in [0.5, 0.6) is 0 Å². The third-order valence-corrected chi connectivity index (χ3v) is 8.09.